The molecule has 0 unspecified atom stereocenters. The molecule has 0 aromatic carbocycles. The molecule has 0 atom stereocenters. The van der Waals surface area contributed by atoms with Crippen LogP contribution in [0, 0.1) is 12.9 Å². The Balaban J connectivity index is 2.16. The Labute approximate surface area is 110 Å². The Morgan fingerprint density at radius 2 is 2.21 bits per heavy atom. The Bertz CT molecular complexity index is 696. The summed E-state index contributed by atoms with van der Waals surface area (Å²) in [5.41, 5.74) is 0.911. The van der Waals surface area contributed by atoms with Crippen LogP contribution >= 0.6 is 0 Å². The molecule has 0 aliphatic rings. The van der Waals surface area contributed by atoms with Crippen molar-refractivity contribution in [1.29, 1.82) is 0 Å². The molecule has 0 amide bonds. The van der Waals surface area contributed by atoms with Gasteiger partial charge in [0.2, 0.25) is 16.0 Å². The maximum absolute atomic E-state index is 12.9. The average Bonchev–Trinajstić information content (AvgIpc) is 2.67. The maximum Gasteiger partial charge on any atom is 0.244 e. The van der Waals surface area contributed by atoms with E-state index in [0.29, 0.717) is 11.3 Å². The van der Waals surface area contributed by atoms with E-state index in [0.717, 1.165) is 0 Å². The number of rotatable bonds is 4. The van der Waals surface area contributed by atoms with Crippen molar-refractivity contribution in [2.45, 2.75) is 18.4 Å². The first-order chi connectivity index (χ1) is 8.88. The van der Waals surface area contributed by atoms with Gasteiger partial charge in [-0.05, 0) is 24.6 Å². The lowest BCUT2D eigenvalue weighted by molar-refractivity contribution is 0.573. The van der Waals surface area contributed by atoms with Gasteiger partial charge in [0.1, 0.15) is 4.90 Å². The van der Waals surface area contributed by atoms with Crippen LogP contribution in [0.25, 0.3) is 0 Å². The fourth-order valence-electron chi connectivity index (χ4n) is 1.65. The Morgan fingerprint density at radius 1 is 1.47 bits per heavy atom. The highest BCUT2D eigenvalue weighted by atomic mass is 32.2. The molecule has 6 nitrogen and oxygen atoms in total. The van der Waals surface area contributed by atoms with Crippen LogP contribution in [0.15, 0.2) is 29.4 Å². The molecule has 0 radical (unpaired) electrons. The second-order valence-electron chi connectivity index (χ2n) is 4.06. The number of aryl methyl sites for hydroxylation is 2. The molecule has 0 saturated heterocycles. The highest BCUT2D eigenvalue weighted by Gasteiger charge is 2.19. The average molecular weight is 284 g/mol. The van der Waals surface area contributed by atoms with Gasteiger partial charge < -0.3 is 0 Å². The monoisotopic (exact) mass is 284 g/mol. The van der Waals surface area contributed by atoms with Gasteiger partial charge in [0.25, 0.3) is 0 Å². The van der Waals surface area contributed by atoms with Crippen LogP contribution in [0.3, 0.4) is 0 Å². The highest BCUT2D eigenvalue weighted by Crippen LogP contribution is 2.13. The molecule has 0 aliphatic carbocycles. The van der Waals surface area contributed by atoms with E-state index in [9.17, 15) is 12.8 Å². The maximum atomic E-state index is 12.9. The van der Waals surface area contributed by atoms with Crippen molar-refractivity contribution in [2.24, 2.45) is 7.05 Å². The first-order valence-electron chi connectivity index (χ1n) is 5.49. The van der Waals surface area contributed by atoms with Crippen molar-refractivity contribution >= 4 is 10.0 Å². The van der Waals surface area contributed by atoms with Crippen LogP contribution in [0.5, 0.6) is 0 Å². The fourth-order valence-corrected chi connectivity index (χ4v) is 2.88. The number of aromatic nitrogens is 3. The van der Waals surface area contributed by atoms with Gasteiger partial charge in [0.15, 0.2) is 0 Å². The molecular formula is C11H13FN4O2S. The van der Waals surface area contributed by atoms with Crippen LogP contribution in [-0.4, -0.2) is 23.2 Å². The lowest BCUT2D eigenvalue weighted by atomic mass is 10.3. The summed E-state index contributed by atoms with van der Waals surface area (Å²) in [4.78, 5) is 3.52. The summed E-state index contributed by atoms with van der Waals surface area (Å²) >= 11 is 0. The number of hydrogen-bond donors (Lipinski definition) is 1. The largest absolute Gasteiger partial charge is 0.274 e. The van der Waals surface area contributed by atoms with Crippen LogP contribution in [0.4, 0.5) is 4.39 Å². The van der Waals surface area contributed by atoms with Crippen molar-refractivity contribution in [2.75, 3.05) is 0 Å². The number of nitrogens with one attached hydrogen (secondary N) is 1. The number of sulfonamides is 1. The zero-order valence-electron chi connectivity index (χ0n) is 10.5. The molecule has 0 saturated carbocycles. The first kappa shape index (κ1) is 13.6. The molecule has 1 N–H and O–H groups in total. The van der Waals surface area contributed by atoms with Gasteiger partial charge in [-0.3, -0.25) is 4.68 Å². The summed E-state index contributed by atoms with van der Waals surface area (Å²) in [6, 6.07) is 2.72. The quantitative estimate of drug-likeness (QED) is 0.840. The predicted octanol–water partition coefficient (Wildman–Crippen LogP) is 0.741. The van der Waals surface area contributed by atoms with E-state index < -0.39 is 16.0 Å². The summed E-state index contributed by atoms with van der Waals surface area (Å²) in [5, 5.41) is 3.97. The third-order valence-electron chi connectivity index (χ3n) is 2.52. The molecule has 2 heterocycles. The molecular weight excluding hydrogens is 271 g/mol. The summed E-state index contributed by atoms with van der Waals surface area (Å²) in [5.74, 6) is -0.644. The van der Waals surface area contributed by atoms with Crippen LogP contribution in [0.1, 0.15) is 11.3 Å². The number of pyridine rings is 1. The lowest BCUT2D eigenvalue weighted by Gasteiger charge is -2.05. The molecule has 2 aromatic rings. The molecule has 19 heavy (non-hydrogen) atoms. The third-order valence-corrected chi connectivity index (χ3v) is 4.02. The zero-order valence-corrected chi connectivity index (χ0v) is 11.3. The van der Waals surface area contributed by atoms with E-state index in [1.807, 2.05) is 0 Å². The van der Waals surface area contributed by atoms with Crippen molar-refractivity contribution < 1.29 is 12.8 Å². The van der Waals surface area contributed by atoms with Crippen molar-refractivity contribution in [1.82, 2.24) is 19.5 Å². The smallest absolute Gasteiger partial charge is 0.244 e. The SMILES string of the molecule is Cc1nn(C)cc1S(=O)(=O)NCc1ccnc(F)c1. The van der Waals surface area contributed by atoms with E-state index in [1.54, 1.807) is 20.0 Å². The van der Waals surface area contributed by atoms with E-state index in [2.05, 4.69) is 14.8 Å². The minimum atomic E-state index is -3.66. The summed E-state index contributed by atoms with van der Waals surface area (Å²) in [6.07, 6.45) is 2.71. The molecule has 102 valence electrons. The molecule has 0 aliphatic heterocycles. The van der Waals surface area contributed by atoms with Crippen LogP contribution in [0.2, 0.25) is 0 Å². The molecule has 2 aromatic heterocycles. The summed E-state index contributed by atoms with van der Waals surface area (Å²) < 4.78 is 40.8. The molecule has 2 rings (SSSR count). The van der Waals surface area contributed by atoms with Gasteiger partial charge in [-0.25, -0.2) is 18.1 Å². The Kier molecular flexibility index (Phi) is 3.63. The number of nitrogens with zero attached hydrogens (tertiary/aromatic N) is 3. The van der Waals surface area contributed by atoms with Gasteiger partial charge in [-0.15, -0.1) is 0 Å². The normalized spacial score (nSPS) is 11.7. The predicted molar refractivity (Wildman–Crippen MR) is 66.2 cm³/mol. The second-order valence-corrected chi connectivity index (χ2v) is 5.80. The topological polar surface area (TPSA) is 76.9 Å². The standard InChI is InChI=1S/C11H13FN4O2S/c1-8-10(7-16(2)15-8)19(17,18)14-6-9-3-4-13-11(12)5-9/h3-5,7,14H,6H2,1-2H3. The molecule has 8 heteroatoms. The third kappa shape index (κ3) is 3.15. The van der Waals surface area contributed by atoms with Crippen molar-refractivity contribution in [3.63, 3.8) is 0 Å². The summed E-state index contributed by atoms with van der Waals surface area (Å²) in [6.45, 7) is 1.61. The van der Waals surface area contributed by atoms with Gasteiger partial charge in [-0.2, -0.15) is 9.49 Å². The van der Waals surface area contributed by atoms with Gasteiger partial charge in [0, 0.05) is 26.0 Å². The van der Waals surface area contributed by atoms with Gasteiger partial charge >= 0.3 is 0 Å². The van der Waals surface area contributed by atoms with E-state index in [-0.39, 0.29) is 11.4 Å². The summed E-state index contributed by atoms with van der Waals surface area (Å²) in [7, 11) is -2.01. The molecule has 0 spiro atoms. The number of halogens is 1. The van der Waals surface area contributed by atoms with Gasteiger partial charge in [-0.1, -0.05) is 0 Å². The minimum Gasteiger partial charge on any atom is -0.274 e. The number of hydrogen-bond acceptors (Lipinski definition) is 4. The molecule has 0 fully saturated rings. The van der Waals surface area contributed by atoms with E-state index in [1.165, 1.54) is 23.1 Å². The first-order valence-corrected chi connectivity index (χ1v) is 6.97. The zero-order chi connectivity index (χ0) is 14.0. The van der Waals surface area contributed by atoms with Crippen molar-refractivity contribution in [3.05, 3.63) is 41.7 Å². The highest BCUT2D eigenvalue weighted by molar-refractivity contribution is 7.89. The lowest BCUT2D eigenvalue weighted by Crippen LogP contribution is -2.23. The second kappa shape index (κ2) is 5.06. The Morgan fingerprint density at radius 3 is 2.79 bits per heavy atom. The Hall–Kier alpha value is -1.80. The van der Waals surface area contributed by atoms with Crippen LogP contribution < -0.4 is 4.72 Å². The van der Waals surface area contributed by atoms with Gasteiger partial charge in [0.05, 0.1) is 5.69 Å². The van der Waals surface area contributed by atoms with Crippen molar-refractivity contribution in [3.8, 4) is 0 Å². The van der Waals surface area contributed by atoms with E-state index in [4.69, 9.17) is 0 Å². The molecule has 0 bridgehead atoms. The van der Waals surface area contributed by atoms with E-state index >= 15 is 0 Å². The fraction of sp³-hybridized carbons (Fsp3) is 0.273. The minimum absolute atomic E-state index is 0.00386. The van der Waals surface area contributed by atoms with Crippen LogP contribution in [-0.2, 0) is 23.6 Å².